The van der Waals surface area contributed by atoms with Crippen LogP contribution in [0.2, 0.25) is 6.32 Å². The highest BCUT2D eigenvalue weighted by Gasteiger charge is 2.33. The fraction of sp³-hybridized carbons (Fsp3) is 0.333. The first kappa shape index (κ1) is 18.3. The maximum atomic E-state index is 6.27. The van der Waals surface area contributed by atoms with Crippen LogP contribution in [0, 0.1) is 0 Å². The average Bonchev–Trinajstić information content (AvgIpc) is 2.99. The number of nitrogens with zero attached hydrogens (tertiary/aromatic N) is 1. The minimum atomic E-state index is -0.128. The predicted molar refractivity (Wildman–Crippen MR) is 108 cm³/mol. The second-order valence-corrected chi connectivity index (χ2v) is 6.44. The molecule has 1 unspecified atom stereocenters. The summed E-state index contributed by atoms with van der Waals surface area (Å²) in [6.45, 7) is 4.71. The quantitative estimate of drug-likeness (QED) is 0.342. The topological polar surface area (TPSA) is 47.7 Å². The van der Waals surface area contributed by atoms with Crippen LogP contribution in [-0.4, -0.2) is 40.8 Å². The van der Waals surface area contributed by atoms with Gasteiger partial charge in [0.25, 0.3) is 0 Å². The van der Waals surface area contributed by atoms with Crippen molar-refractivity contribution in [2.24, 2.45) is 5.73 Å². The Morgan fingerprint density at radius 3 is 2.84 bits per heavy atom. The van der Waals surface area contributed by atoms with Crippen molar-refractivity contribution in [2.45, 2.75) is 12.2 Å². The third-order valence-corrected chi connectivity index (χ3v) is 5.05. The summed E-state index contributed by atoms with van der Waals surface area (Å²) in [4.78, 5) is 2.12. The summed E-state index contributed by atoms with van der Waals surface area (Å²) in [6.07, 6.45) is 2.57. The summed E-state index contributed by atoms with van der Waals surface area (Å²) in [5, 5.41) is 2.39. The Bertz CT molecular complexity index is 759. The first-order valence-electron chi connectivity index (χ1n) is 8.42. The van der Waals surface area contributed by atoms with Crippen molar-refractivity contribution in [3.8, 4) is 0 Å². The first-order valence-corrected chi connectivity index (χ1v) is 8.95. The number of hydrogen-bond acceptors (Lipinski definition) is 4. The number of allylic oxidation sites excluding steroid dienone is 1. The van der Waals surface area contributed by atoms with Gasteiger partial charge in [-0.25, -0.2) is 0 Å². The zero-order valence-corrected chi connectivity index (χ0v) is 15.2. The van der Waals surface area contributed by atoms with Gasteiger partial charge in [0.05, 0.1) is 6.73 Å². The fourth-order valence-electron chi connectivity index (χ4n) is 3.68. The molecule has 7 heteroatoms. The van der Waals surface area contributed by atoms with Crippen molar-refractivity contribution >= 4 is 48.1 Å². The zero-order chi connectivity index (χ0) is 17.8. The molecule has 1 aliphatic rings. The van der Waals surface area contributed by atoms with E-state index in [2.05, 4.69) is 41.7 Å². The molecule has 1 radical (unpaired) electrons. The second kappa shape index (κ2) is 8.28. The maximum Gasteiger partial charge on any atom is 0.438 e. The molecule has 25 heavy (non-hydrogen) atoms. The van der Waals surface area contributed by atoms with Gasteiger partial charge < -0.3 is 19.9 Å². The zero-order valence-electron chi connectivity index (χ0n) is 14.5. The molecule has 1 aliphatic heterocycles. The Balaban J connectivity index is 2.22. The third kappa shape index (κ3) is 3.44. The van der Waals surface area contributed by atoms with Crippen molar-refractivity contribution in [1.82, 2.24) is 0 Å². The smallest absolute Gasteiger partial charge is 0.422 e. The monoisotopic (exact) mass is 355 g/mol. The van der Waals surface area contributed by atoms with E-state index in [1.54, 1.807) is 14.7 Å². The van der Waals surface area contributed by atoms with E-state index < -0.39 is 0 Å². The van der Waals surface area contributed by atoms with E-state index >= 15 is 0 Å². The van der Waals surface area contributed by atoms with Crippen LogP contribution in [0.25, 0.3) is 10.8 Å². The van der Waals surface area contributed by atoms with Crippen LogP contribution in [0.15, 0.2) is 43.0 Å². The van der Waals surface area contributed by atoms with Gasteiger partial charge in [0.15, 0.2) is 0 Å². The van der Waals surface area contributed by atoms with E-state index in [0.29, 0.717) is 12.2 Å². The highest BCUT2D eigenvalue weighted by Crippen LogP contribution is 2.40. The Kier molecular flexibility index (Phi) is 6.07. The van der Waals surface area contributed by atoms with Gasteiger partial charge in [0.1, 0.15) is 0 Å². The van der Waals surface area contributed by atoms with Crippen LogP contribution in [0.1, 0.15) is 11.5 Å². The van der Waals surface area contributed by atoms with E-state index in [-0.39, 0.29) is 19.6 Å². The largest absolute Gasteiger partial charge is 0.438 e. The van der Waals surface area contributed by atoms with Gasteiger partial charge >= 0.3 is 14.5 Å². The number of anilines is 1. The molecule has 2 aromatic rings. The third-order valence-electron chi connectivity index (χ3n) is 4.68. The Morgan fingerprint density at radius 2 is 2.20 bits per heavy atom. The number of benzene rings is 2. The van der Waals surface area contributed by atoms with Crippen LogP contribution < -0.4 is 16.0 Å². The molecule has 2 aromatic carbocycles. The number of nitrogens with two attached hydrogens (primary N) is 1. The molecule has 1 heterocycles. The normalized spacial score (nSPS) is 16.1. The van der Waals surface area contributed by atoms with Crippen molar-refractivity contribution in [2.75, 3.05) is 31.1 Å². The van der Waals surface area contributed by atoms with E-state index in [0.717, 1.165) is 17.7 Å². The summed E-state index contributed by atoms with van der Waals surface area (Å²) in [7, 11) is 3.41. The Labute approximate surface area is 155 Å². The minimum absolute atomic E-state index is 0.128. The molecule has 0 aromatic heterocycles. The number of halogens is 1. The molecule has 1 atom stereocenters. The highest BCUT2D eigenvalue weighted by molar-refractivity contribution is 6.70. The molecule has 0 fully saturated rings. The number of fused-ring (bicyclic) bond motifs is 3. The van der Waals surface area contributed by atoms with E-state index in [1.807, 2.05) is 6.08 Å². The molecule has 4 nitrogen and oxygen atoms in total. The maximum absolute atomic E-state index is 6.27. The highest BCUT2D eigenvalue weighted by atomic mass is 35.5. The number of rotatable bonds is 8. The summed E-state index contributed by atoms with van der Waals surface area (Å²) in [5.74, 6) is 0.829. The number of hydrogen-bond donors (Lipinski definition) is 1. The summed E-state index contributed by atoms with van der Waals surface area (Å²) >= 11 is 6.27. The van der Waals surface area contributed by atoms with Gasteiger partial charge in [0, 0.05) is 31.1 Å². The van der Waals surface area contributed by atoms with Crippen LogP contribution >= 0.6 is 11.6 Å². The molecule has 0 bridgehead atoms. The van der Waals surface area contributed by atoms with Gasteiger partial charge in [-0.1, -0.05) is 30.3 Å². The predicted octanol–water partition coefficient (Wildman–Crippen LogP) is 2.48. The second-order valence-electron chi connectivity index (χ2n) is 6.14. The molecule has 0 saturated heterocycles. The van der Waals surface area contributed by atoms with Gasteiger partial charge in [0.2, 0.25) is 0 Å². The standard InChI is InChI=1S/C18H22B2ClN2O2/c1-3-8-20(25-12-22)16-9-17-18(15-7-5-4-6-14(15)16)13(10-21)11-23(17)19-24-2/h3-7,9,13H,1,8,10-12,22H2,2H3. The minimum Gasteiger partial charge on any atom is -0.422 e. The van der Waals surface area contributed by atoms with Crippen molar-refractivity contribution < 1.29 is 9.31 Å². The van der Waals surface area contributed by atoms with Gasteiger partial charge in [-0.15, -0.1) is 18.2 Å². The van der Waals surface area contributed by atoms with Gasteiger partial charge in [-0.2, -0.15) is 0 Å². The van der Waals surface area contributed by atoms with Gasteiger partial charge in [-0.3, -0.25) is 0 Å². The SMILES string of the molecule is C=CCB(OCN)c1cc2c(c3ccccc13)C(CCl)CN2[B]OC. The van der Waals surface area contributed by atoms with Crippen LogP contribution in [0.3, 0.4) is 0 Å². The molecule has 129 valence electrons. The summed E-state index contributed by atoms with van der Waals surface area (Å²) < 4.78 is 11.1. The van der Waals surface area contributed by atoms with Crippen molar-refractivity contribution in [3.05, 3.63) is 48.6 Å². The molecule has 0 spiro atoms. The van der Waals surface area contributed by atoms with E-state index in [4.69, 9.17) is 26.6 Å². The molecule has 0 saturated carbocycles. The molecule has 3 rings (SSSR count). The van der Waals surface area contributed by atoms with Crippen LogP contribution in [0.4, 0.5) is 5.69 Å². The number of alkyl halides is 1. The molecular formula is C18H22B2ClN2O2. The molecule has 0 aliphatic carbocycles. The summed E-state index contributed by atoms with van der Waals surface area (Å²) in [6, 6.07) is 10.6. The lowest BCUT2D eigenvalue weighted by Gasteiger charge is -2.21. The van der Waals surface area contributed by atoms with E-state index in [9.17, 15) is 0 Å². The molecular weight excluding hydrogens is 333 g/mol. The Hall–Kier alpha value is -1.46. The summed E-state index contributed by atoms with van der Waals surface area (Å²) in [5.41, 5.74) is 9.17. The average molecular weight is 355 g/mol. The lowest BCUT2D eigenvalue weighted by molar-refractivity contribution is 0.341. The van der Waals surface area contributed by atoms with Gasteiger partial charge in [-0.05, 0) is 34.2 Å². The fourth-order valence-corrected chi connectivity index (χ4v) is 3.93. The van der Waals surface area contributed by atoms with Crippen molar-refractivity contribution in [3.63, 3.8) is 0 Å². The van der Waals surface area contributed by atoms with Crippen LogP contribution in [-0.2, 0) is 9.31 Å². The lowest BCUT2D eigenvalue weighted by Crippen LogP contribution is -2.36. The van der Waals surface area contributed by atoms with Crippen LogP contribution in [0.5, 0.6) is 0 Å². The molecule has 0 amide bonds. The Morgan fingerprint density at radius 1 is 1.44 bits per heavy atom. The van der Waals surface area contributed by atoms with E-state index in [1.165, 1.54) is 16.3 Å². The van der Waals surface area contributed by atoms with Crippen molar-refractivity contribution in [1.29, 1.82) is 0 Å². The molecule has 2 N–H and O–H groups in total. The first-order chi connectivity index (χ1) is 12.2. The lowest BCUT2D eigenvalue weighted by atomic mass is 9.56.